The zero-order chi connectivity index (χ0) is 21.5. The molecule has 1 fully saturated rings. The minimum absolute atomic E-state index is 0.204. The zero-order valence-corrected chi connectivity index (χ0v) is 18.6. The van der Waals surface area contributed by atoms with Crippen molar-refractivity contribution >= 4 is 23.5 Å². The lowest BCUT2D eigenvalue weighted by molar-refractivity contribution is 0.0471. The maximum absolute atomic E-state index is 12.7. The van der Waals surface area contributed by atoms with Gasteiger partial charge in [-0.05, 0) is 44.9 Å². The number of benzene rings is 1. The maximum atomic E-state index is 12.7. The Bertz CT molecular complexity index is 886. The van der Waals surface area contributed by atoms with Crippen LogP contribution in [-0.2, 0) is 20.8 Å². The summed E-state index contributed by atoms with van der Waals surface area (Å²) in [5.41, 5.74) is 2.91. The molecule has 1 unspecified atom stereocenters. The van der Waals surface area contributed by atoms with E-state index in [0.717, 1.165) is 41.5 Å². The number of Topliss-reactive ketones (excluding diaryl/α,β-unsaturated/α-hetero) is 1. The van der Waals surface area contributed by atoms with E-state index in [1.807, 2.05) is 36.6 Å². The van der Waals surface area contributed by atoms with Crippen molar-refractivity contribution in [2.75, 3.05) is 32.7 Å². The van der Waals surface area contributed by atoms with Crippen molar-refractivity contribution in [3.8, 4) is 0 Å². The van der Waals surface area contributed by atoms with Gasteiger partial charge in [-0.2, -0.15) is 0 Å². The Morgan fingerprint density at radius 2 is 2.03 bits per heavy atom. The van der Waals surface area contributed by atoms with E-state index in [1.54, 1.807) is 31.0 Å². The van der Waals surface area contributed by atoms with E-state index in [4.69, 9.17) is 14.2 Å². The number of carbonyl (C=O) groups is 2. The highest BCUT2D eigenvalue weighted by Gasteiger charge is 2.21. The van der Waals surface area contributed by atoms with Crippen LogP contribution in [0, 0.1) is 13.8 Å². The first-order valence-corrected chi connectivity index (χ1v) is 11.2. The third-order valence-electron chi connectivity index (χ3n) is 5.28. The van der Waals surface area contributed by atoms with Crippen LogP contribution < -0.4 is 0 Å². The zero-order valence-electron chi connectivity index (χ0n) is 17.8. The third-order valence-corrected chi connectivity index (χ3v) is 6.49. The van der Waals surface area contributed by atoms with Crippen LogP contribution >= 0.6 is 11.8 Å². The molecule has 30 heavy (non-hydrogen) atoms. The molecule has 0 spiro atoms. The van der Waals surface area contributed by atoms with Gasteiger partial charge in [-0.15, -0.1) is 11.8 Å². The van der Waals surface area contributed by atoms with Crippen molar-refractivity contribution in [1.29, 1.82) is 0 Å². The number of aromatic nitrogens is 1. The van der Waals surface area contributed by atoms with E-state index in [9.17, 15) is 9.59 Å². The lowest BCUT2D eigenvalue weighted by atomic mass is 10.1. The number of thioether (sulfide) groups is 1. The Morgan fingerprint density at radius 1 is 1.23 bits per heavy atom. The molecule has 7 heteroatoms. The molecule has 0 bridgehead atoms. The molecule has 1 aromatic carbocycles. The number of hydrogen-bond acceptors (Lipinski definition) is 6. The Morgan fingerprint density at radius 3 is 2.77 bits per heavy atom. The number of esters is 1. The number of ketones is 1. The first kappa shape index (κ1) is 22.6. The summed E-state index contributed by atoms with van der Waals surface area (Å²) >= 11 is 1.59. The highest BCUT2D eigenvalue weighted by Crippen LogP contribution is 2.27. The van der Waals surface area contributed by atoms with Crippen molar-refractivity contribution in [2.24, 2.45) is 0 Å². The summed E-state index contributed by atoms with van der Waals surface area (Å²) in [6.07, 6.45) is 2.37. The lowest BCUT2D eigenvalue weighted by Gasteiger charge is -2.12. The molecule has 1 saturated heterocycles. The van der Waals surface area contributed by atoms with Crippen LogP contribution in [0.1, 0.15) is 44.9 Å². The molecule has 0 radical (unpaired) electrons. The Balaban J connectivity index is 1.61. The largest absolute Gasteiger partial charge is 0.454 e. The van der Waals surface area contributed by atoms with Gasteiger partial charge in [0.2, 0.25) is 5.78 Å². The number of ether oxygens (including phenoxy) is 3. The van der Waals surface area contributed by atoms with Crippen LogP contribution in [0.25, 0.3) is 0 Å². The molecule has 0 saturated carbocycles. The van der Waals surface area contributed by atoms with Crippen LogP contribution in [0.5, 0.6) is 0 Å². The van der Waals surface area contributed by atoms with Gasteiger partial charge in [0.1, 0.15) is 0 Å². The van der Waals surface area contributed by atoms with Crippen LogP contribution in [0.4, 0.5) is 0 Å². The van der Waals surface area contributed by atoms with Gasteiger partial charge >= 0.3 is 5.97 Å². The van der Waals surface area contributed by atoms with Crippen molar-refractivity contribution < 1.29 is 23.8 Å². The number of nitrogens with zero attached hydrogens (tertiary/aromatic N) is 1. The van der Waals surface area contributed by atoms with E-state index in [-0.39, 0.29) is 18.5 Å². The molecule has 2 heterocycles. The van der Waals surface area contributed by atoms with Crippen molar-refractivity contribution in [3.05, 3.63) is 52.8 Å². The lowest BCUT2D eigenvalue weighted by Crippen LogP contribution is -2.16. The third kappa shape index (κ3) is 5.53. The Hall–Kier alpha value is -2.09. The molecule has 0 amide bonds. The van der Waals surface area contributed by atoms with E-state index in [0.29, 0.717) is 24.3 Å². The number of hydrogen-bond donors (Lipinski definition) is 0. The average molecular weight is 432 g/mol. The van der Waals surface area contributed by atoms with Crippen LogP contribution in [0.15, 0.2) is 35.2 Å². The number of aryl methyl sites for hydroxylation is 1. The van der Waals surface area contributed by atoms with Gasteiger partial charge in [0, 0.05) is 47.9 Å². The molecule has 1 aliphatic rings. The number of carbonyl (C=O) groups excluding carboxylic acids is 2. The first-order chi connectivity index (χ1) is 14.5. The second-order valence-electron chi connectivity index (χ2n) is 7.37. The summed E-state index contributed by atoms with van der Waals surface area (Å²) in [4.78, 5) is 26.2. The molecule has 1 aromatic heterocycles. The first-order valence-electron chi connectivity index (χ1n) is 10.2. The van der Waals surface area contributed by atoms with Crippen molar-refractivity contribution in [1.82, 2.24) is 4.57 Å². The fourth-order valence-electron chi connectivity index (χ4n) is 3.62. The van der Waals surface area contributed by atoms with Gasteiger partial charge in [0.05, 0.1) is 18.3 Å². The molecular formula is C23H29NO5S. The smallest absolute Gasteiger partial charge is 0.339 e. The van der Waals surface area contributed by atoms with Crippen LogP contribution in [0.3, 0.4) is 0 Å². The fourth-order valence-corrected chi connectivity index (χ4v) is 4.73. The standard InChI is InChI=1S/C23H29NO5S/c1-16-13-20(17(2)24(16)10-12-27-3)21(25)14-29-23(26)19-8-4-5-9-22(19)30-15-18-7-6-11-28-18/h4-5,8-9,13,18H,6-7,10-12,14-15H2,1-3H3. The summed E-state index contributed by atoms with van der Waals surface area (Å²) in [6.45, 7) is 5.62. The van der Waals surface area contributed by atoms with Crippen LogP contribution in [-0.4, -0.2) is 55.1 Å². The average Bonchev–Trinajstić information content (AvgIpc) is 3.37. The maximum Gasteiger partial charge on any atom is 0.339 e. The molecular weight excluding hydrogens is 402 g/mol. The fraction of sp³-hybridized carbons (Fsp3) is 0.478. The minimum Gasteiger partial charge on any atom is -0.454 e. The van der Waals surface area contributed by atoms with Crippen LogP contribution in [0.2, 0.25) is 0 Å². The van der Waals surface area contributed by atoms with Gasteiger partial charge in [-0.1, -0.05) is 12.1 Å². The summed E-state index contributed by atoms with van der Waals surface area (Å²) in [7, 11) is 1.65. The van der Waals surface area contributed by atoms with E-state index >= 15 is 0 Å². The molecule has 0 N–H and O–H groups in total. The molecule has 2 aromatic rings. The summed E-state index contributed by atoms with van der Waals surface area (Å²) in [5, 5.41) is 0. The second-order valence-corrected chi connectivity index (χ2v) is 8.43. The van der Waals surface area contributed by atoms with Gasteiger partial charge < -0.3 is 18.8 Å². The molecule has 1 aliphatic heterocycles. The molecule has 162 valence electrons. The number of methoxy groups -OCH3 is 1. The van der Waals surface area contributed by atoms with E-state index in [1.165, 1.54) is 0 Å². The quantitative estimate of drug-likeness (QED) is 0.321. The Kier molecular flexibility index (Phi) is 8.13. The molecule has 6 nitrogen and oxygen atoms in total. The highest BCUT2D eigenvalue weighted by atomic mass is 32.2. The van der Waals surface area contributed by atoms with Gasteiger partial charge in [0.25, 0.3) is 0 Å². The van der Waals surface area contributed by atoms with Gasteiger partial charge in [-0.25, -0.2) is 4.79 Å². The predicted molar refractivity (Wildman–Crippen MR) is 117 cm³/mol. The van der Waals surface area contributed by atoms with Crippen molar-refractivity contribution in [3.63, 3.8) is 0 Å². The SMILES string of the molecule is COCCn1c(C)cc(C(=O)COC(=O)c2ccccc2SCC2CCCO2)c1C. The monoisotopic (exact) mass is 431 g/mol. The summed E-state index contributed by atoms with van der Waals surface area (Å²) in [5.74, 6) is 0.119. The number of rotatable bonds is 10. The second kappa shape index (κ2) is 10.8. The minimum atomic E-state index is -0.480. The van der Waals surface area contributed by atoms with E-state index < -0.39 is 5.97 Å². The summed E-state index contributed by atoms with van der Waals surface area (Å²) in [6, 6.07) is 9.18. The molecule has 0 aliphatic carbocycles. The van der Waals surface area contributed by atoms with Gasteiger partial charge in [-0.3, -0.25) is 4.79 Å². The van der Waals surface area contributed by atoms with Gasteiger partial charge in [0.15, 0.2) is 6.61 Å². The molecule has 3 rings (SSSR count). The Labute approximate surface area is 181 Å². The predicted octanol–water partition coefficient (Wildman–Crippen LogP) is 4.06. The highest BCUT2D eigenvalue weighted by molar-refractivity contribution is 7.99. The summed E-state index contributed by atoms with van der Waals surface area (Å²) < 4.78 is 18.2. The van der Waals surface area contributed by atoms with E-state index in [2.05, 4.69) is 0 Å². The topological polar surface area (TPSA) is 66.8 Å². The molecule has 1 atom stereocenters. The van der Waals surface area contributed by atoms with Crippen molar-refractivity contribution in [2.45, 2.75) is 44.2 Å². The normalized spacial score (nSPS) is 16.0.